The maximum atomic E-state index is 10.3. The summed E-state index contributed by atoms with van der Waals surface area (Å²) in [5.74, 6) is 0.784. The zero-order chi connectivity index (χ0) is 16.8. The predicted molar refractivity (Wildman–Crippen MR) is 90.5 cm³/mol. The Hall–Kier alpha value is -1.63. The van der Waals surface area contributed by atoms with Gasteiger partial charge in [-0.2, -0.15) is 5.10 Å². The van der Waals surface area contributed by atoms with Gasteiger partial charge in [0.25, 0.3) is 0 Å². The first-order valence-electron chi connectivity index (χ1n) is 8.72. The van der Waals surface area contributed by atoms with Crippen molar-refractivity contribution in [3.8, 4) is 0 Å². The molecule has 1 saturated heterocycles. The molecule has 2 aromatic rings. The van der Waals surface area contributed by atoms with E-state index in [0.29, 0.717) is 25.8 Å². The first kappa shape index (κ1) is 17.2. The number of β-amino-alcohol motifs (C(OH)–C–C–N with tert-alkyl or cyclic N) is 1. The summed E-state index contributed by atoms with van der Waals surface area (Å²) in [6.45, 7) is 5.34. The SMILES string of the molecule is Cc1cnn(C[C@@H]2CCCCN2C[C@@H](O)COCc2ccco2)c1. The van der Waals surface area contributed by atoms with E-state index in [-0.39, 0.29) is 0 Å². The zero-order valence-electron chi connectivity index (χ0n) is 14.3. The Morgan fingerprint density at radius 3 is 3.12 bits per heavy atom. The molecule has 2 atom stereocenters. The van der Waals surface area contributed by atoms with Crippen LogP contribution in [0.4, 0.5) is 0 Å². The number of aryl methyl sites for hydroxylation is 1. The van der Waals surface area contributed by atoms with Crippen molar-refractivity contribution < 1.29 is 14.3 Å². The fraction of sp³-hybridized carbons (Fsp3) is 0.611. The lowest BCUT2D eigenvalue weighted by Gasteiger charge is -2.36. The van der Waals surface area contributed by atoms with Crippen molar-refractivity contribution in [3.63, 3.8) is 0 Å². The van der Waals surface area contributed by atoms with Gasteiger partial charge >= 0.3 is 0 Å². The number of aliphatic hydroxyl groups is 1. The molecule has 0 aliphatic carbocycles. The number of ether oxygens (including phenoxy) is 1. The predicted octanol–water partition coefficient (Wildman–Crippen LogP) is 2.22. The number of furan rings is 1. The molecular formula is C18H27N3O3. The number of likely N-dealkylation sites (tertiary alicyclic amines) is 1. The van der Waals surface area contributed by atoms with Gasteiger partial charge in [-0.25, -0.2) is 0 Å². The maximum absolute atomic E-state index is 10.3. The fourth-order valence-electron chi connectivity index (χ4n) is 3.30. The third kappa shape index (κ3) is 4.93. The van der Waals surface area contributed by atoms with Crippen LogP contribution in [0.25, 0.3) is 0 Å². The average molecular weight is 333 g/mol. The minimum absolute atomic E-state index is 0.324. The summed E-state index contributed by atoms with van der Waals surface area (Å²) in [5, 5.41) is 14.7. The molecule has 0 spiro atoms. The number of aromatic nitrogens is 2. The monoisotopic (exact) mass is 333 g/mol. The normalized spacial score (nSPS) is 20.3. The number of nitrogens with zero attached hydrogens (tertiary/aromatic N) is 3. The summed E-state index contributed by atoms with van der Waals surface area (Å²) in [6.07, 6.45) is 8.70. The molecule has 1 aliphatic heterocycles. The van der Waals surface area contributed by atoms with E-state index in [1.54, 1.807) is 6.26 Å². The van der Waals surface area contributed by atoms with Crippen molar-refractivity contribution in [2.75, 3.05) is 19.7 Å². The lowest BCUT2D eigenvalue weighted by Crippen LogP contribution is -2.46. The van der Waals surface area contributed by atoms with Crippen LogP contribution >= 0.6 is 0 Å². The maximum Gasteiger partial charge on any atom is 0.129 e. The highest BCUT2D eigenvalue weighted by atomic mass is 16.5. The Morgan fingerprint density at radius 1 is 1.46 bits per heavy atom. The standard InChI is InChI=1S/C18H27N3O3/c1-15-9-19-21(10-15)11-16-5-2-3-7-20(16)12-17(22)13-23-14-18-6-4-8-24-18/h4,6,8-10,16-17,22H,2-3,5,7,11-14H2,1H3/t16-,17+/m0/s1. The first-order valence-corrected chi connectivity index (χ1v) is 8.72. The van der Waals surface area contributed by atoms with Gasteiger partial charge in [-0.1, -0.05) is 6.42 Å². The van der Waals surface area contributed by atoms with Crippen molar-refractivity contribution in [2.45, 2.75) is 51.5 Å². The van der Waals surface area contributed by atoms with Crippen LogP contribution in [-0.2, 0) is 17.9 Å². The molecule has 24 heavy (non-hydrogen) atoms. The van der Waals surface area contributed by atoms with E-state index in [9.17, 15) is 5.11 Å². The van der Waals surface area contributed by atoms with E-state index in [1.165, 1.54) is 18.4 Å². The van der Waals surface area contributed by atoms with Crippen LogP contribution in [0.1, 0.15) is 30.6 Å². The van der Waals surface area contributed by atoms with Crippen molar-refractivity contribution in [3.05, 3.63) is 42.1 Å². The molecule has 3 heterocycles. The van der Waals surface area contributed by atoms with Crippen molar-refractivity contribution in [1.29, 1.82) is 0 Å². The first-order chi connectivity index (χ1) is 11.7. The molecule has 0 radical (unpaired) electrons. The van der Waals surface area contributed by atoms with Crippen LogP contribution in [0.2, 0.25) is 0 Å². The van der Waals surface area contributed by atoms with E-state index < -0.39 is 6.10 Å². The second kappa shape index (κ2) is 8.46. The largest absolute Gasteiger partial charge is 0.467 e. The van der Waals surface area contributed by atoms with Crippen molar-refractivity contribution in [1.82, 2.24) is 14.7 Å². The Kier molecular flexibility index (Phi) is 6.07. The number of aliphatic hydroxyl groups excluding tert-OH is 1. The molecule has 1 N–H and O–H groups in total. The molecule has 0 aromatic carbocycles. The van der Waals surface area contributed by atoms with Gasteiger partial charge < -0.3 is 14.3 Å². The molecule has 2 aromatic heterocycles. The van der Waals surface area contributed by atoms with Crippen molar-refractivity contribution >= 4 is 0 Å². The Morgan fingerprint density at radius 2 is 2.38 bits per heavy atom. The van der Waals surface area contributed by atoms with Gasteiger partial charge in [0.05, 0.1) is 31.7 Å². The summed E-state index contributed by atoms with van der Waals surface area (Å²) < 4.78 is 12.8. The van der Waals surface area contributed by atoms with E-state index in [0.717, 1.165) is 25.3 Å². The smallest absolute Gasteiger partial charge is 0.129 e. The number of piperidine rings is 1. The van der Waals surface area contributed by atoms with Crippen LogP contribution < -0.4 is 0 Å². The van der Waals surface area contributed by atoms with Crippen LogP contribution in [0, 0.1) is 6.92 Å². The van der Waals surface area contributed by atoms with Gasteiger partial charge in [0.1, 0.15) is 12.4 Å². The van der Waals surface area contributed by atoms with Crippen LogP contribution in [-0.4, -0.2) is 51.6 Å². The van der Waals surface area contributed by atoms with Crippen LogP contribution in [0.5, 0.6) is 0 Å². The Balaban J connectivity index is 1.45. The lowest BCUT2D eigenvalue weighted by atomic mass is 10.0. The average Bonchev–Trinajstić information content (AvgIpc) is 3.21. The third-order valence-corrected chi connectivity index (χ3v) is 4.49. The molecule has 132 valence electrons. The van der Waals surface area contributed by atoms with Gasteiger partial charge in [0, 0.05) is 18.8 Å². The van der Waals surface area contributed by atoms with Crippen molar-refractivity contribution in [2.24, 2.45) is 0 Å². The minimum atomic E-state index is -0.486. The number of rotatable bonds is 8. The highest BCUT2D eigenvalue weighted by Crippen LogP contribution is 2.19. The number of hydrogen-bond donors (Lipinski definition) is 1. The minimum Gasteiger partial charge on any atom is -0.467 e. The third-order valence-electron chi connectivity index (χ3n) is 4.49. The van der Waals surface area contributed by atoms with Crippen LogP contribution in [0.3, 0.4) is 0 Å². The second-order valence-electron chi connectivity index (χ2n) is 6.63. The van der Waals surface area contributed by atoms with Gasteiger partial charge in [-0.3, -0.25) is 9.58 Å². The summed E-state index contributed by atoms with van der Waals surface area (Å²) in [7, 11) is 0. The highest BCUT2D eigenvalue weighted by molar-refractivity contribution is 5.00. The van der Waals surface area contributed by atoms with Gasteiger partial charge in [-0.15, -0.1) is 0 Å². The molecule has 0 amide bonds. The second-order valence-corrected chi connectivity index (χ2v) is 6.63. The van der Waals surface area contributed by atoms with Crippen LogP contribution in [0.15, 0.2) is 35.2 Å². The molecule has 0 unspecified atom stereocenters. The van der Waals surface area contributed by atoms with E-state index in [2.05, 4.69) is 23.1 Å². The molecule has 0 bridgehead atoms. The summed E-state index contributed by atoms with van der Waals surface area (Å²) >= 11 is 0. The summed E-state index contributed by atoms with van der Waals surface area (Å²) in [4.78, 5) is 2.38. The topological polar surface area (TPSA) is 63.7 Å². The molecule has 1 aliphatic rings. The van der Waals surface area contributed by atoms with E-state index >= 15 is 0 Å². The Bertz CT molecular complexity index is 596. The van der Waals surface area contributed by atoms with E-state index in [4.69, 9.17) is 9.15 Å². The quantitative estimate of drug-likeness (QED) is 0.802. The van der Waals surface area contributed by atoms with Gasteiger partial charge in [0.15, 0.2) is 0 Å². The molecule has 6 nitrogen and oxygen atoms in total. The summed E-state index contributed by atoms with van der Waals surface area (Å²) in [6, 6.07) is 4.14. The highest BCUT2D eigenvalue weighted by Gasteiger charge is 2.25. The van der Waals surface area contributed by atoms with Gasteiger partial charge in [0.2, 0.25) is 0 Å². The fourth-order valence-corrected chi connectivity index (χ4v) is 3.30. The summed E-state index contributed by atoms with van der Waals surface area (Å²) in [5.41, 5.74) is 1.18. The molecule has 0 saturated carbocycles. The van der Waals surface area contributed by atoms with E-state index in [1.807, 2.05) is 23.0 Å². The molecule has 1 fully saturated rings. The van der Waals surface area contributed by atoms with Gasteiger partial charge in [-0.05, 0) is 44.0 Å². The lowest BCUT2D eigenvalue weighted by molar-refractivity contribution is -0.00928. The molecule has 3 rings (SSSR count). The number of hydrogen-bond acceptors (Lipinski definition) is 5. The molecule has 6 heteroatoms. The molecular weight excluding hydrogens is 306 g/mol. The Labute approximate surface area is 143 Å². The zero-order valence-corrected chi connectivity index (χ0v) is 14.3.